The highest BCUT2D eigenvalue weighted by Crippen LogP contribution is 2.39. The Hall–Kier alpha value is -2.63. The van der Waals surface area contributed by atoms with Crippen molar-refractivity contribution in [1.29, 1.82) is 0 Å². The first kappa shape index (κ1) is 19.7. The van der Waals surface area contributed by atoms with E-state index in [0.717, 1.165) is 60.2 Å². The van der Waals surface area contributed by atoms with Crippen LogP contribution in [-0.4, -0.2) is 35.9 Å². The summed E-state index contributed by atoms with van der Waals surface area (Å²) in [5.41, 5.74) is 3.76. The number of carbonyl (C=O) groups excluding carboxylic acids is 1. The quantitative estimate of drug-likeness (QED) is 0.832. The van der Waals surface area contributed by atoms with E-state index in [-0.39, 0.29) is 17.4 Å². The molecule has 1 saturated carbocycles. The van der Waals surface area contributed by atoms with Crippen molar-refractivity contribution in [3.8, 4) is 22.9 Å². The van der Waals surface area contributed by atoms with Gasteiger partial charge in [0.25, 0.3) is 0 Å². The van der Waals surface area contributed by atoms with Crippen LogP contribution in [0.4, 0.5) is 0 Å². The number of methoxy groups -OCH3 is 1. The van der Waals surface area contributed by atoms with Gasteiger partial charge in [-0.2, -0.15) is 0 Å². The molecule has 0 spiro atoms. The lowest BCUT2D eigenvalue weighted by Gasteiger charge is -2.32. The summed E-state index contributed by atoms with van der Waals surface area (Å²) in [6, 6.07) is 7.91. The van der Waals surface area contributed by atoms with Gasteiger partial charge in [-0.05, 0) is 43.0 Å². The van der Waals surface area contributed by atoms with Gasteiger partial charge < -0.3 is 14.8 Å². The number of nitrogens with one attached hydrogen (secondary N) is 1. The maximum atomic E-state index is 12.8. The molecule has 1 aromatic heterocycles. The SMILES string of the molecule is COc1ccc(-c2cc(C)cc3c2O[C@H](CNC(=O)C2(C)CCCCC2)C3)nn1. The molecule has 154 valence electrons. The summed E-state index contributed by atoms with van der Waals surface area (Å²) in [6.07, 6.45) is 6.19. The van der Waals surface area contributed by atoms with Crippen LogP contribution in [0.2, 0.25) is 0 Å². The van der Waals surface area contributed by atoms with E-state index in [2.05, 4.69) is 41.5 Å². The van der Waals surface area contributed by atoms with Gasteiger partial charge in [0.15, 0.2) is 0 Å². The fraction of sp³-hybridized carbons (Fsp3) is 0.522. The number of rotatable bonds is 5. The number of benzene rings is 1. The van der Waals surface area contributed by atoms with Gasteiger partial charge in [-0.3, -0.25) is 4.79 Å². The monoisotopic (exact) mass is 395 g/mol. The number of aromatic nitrogens is 2. The molecule has 0 unspecified atom stereocenters. The Morgan fingerprint density at radius 2 is 2.03 bits per heavy atom. The first-order valence-electron chi connectivity index (χ1n) is 10.4. The number of nitrogens with zero attached hydrogens (tertiary/aromatic N) is 2. The van der Waals surface area contributed by atoms with Crippen LogP contribution in [-0.2, 0) is 11.2 Å². The minimum atomic E-state index is -0.232. The number of aryl methyl sites for hydroxylation is 1. The topological polar surface area (TPSA) is 73.3 Å². The number of hydrogen-bond acceptors (Lipinski definition) is 5. The highest BCUT2D eigenvalue weighted by Gasteiger charge is 2.35. The maximum Gasteiger partial charge on any atom is 0.233 e. The molecule has 1 aliphatic carbocycles. The van der Waals surface area contributed by atoms with E-state index in [0.29, 0.717) is 12.4 Å². The molecular weight excluding hydrogens is 366 g/mol. The summed E-state index contributed by atoms with van der Waals surface area (Å²) in [5.74, 6) is 1.49. The third kappa shape index (κ3) is 4.07. The highest BCUT2D eigenvalue weighted by atomic mass is 16.5. The number of ether oxygens (including phenoxy) is 2. The Morgan fingerprint density at radius 1 is 1.24 bits per heavy atom. The maximum absolute atomic E-state index is 12.8. The smallest absolute Gasteiger partial charge is 0.233 e. The second kappa shape index (κ2) is 8.01. The van der Waals surface area contributed by atoms with Gasteiger partial charge in [0.2, 0.25) is 11.8 Å². The third-order valence-corrected chi connectivity index (χ3v) is 6.16. The molecule has 2 aromatic rings. The Morgan fingerprint density at radius 3 is 2.72 bits per heavy atom. The second-order valence-electron chi connectivity index (χ2n) is 8.54. The summed E-state index contributed by atoms with van der Waals surface area (Å²) in [6.45, 7) is 4.69. The zero-order valence-electron chi connectivity index (χ0n) is 17.5. The molecule has 2 heterocycles. The Labute approximate surface area is 172 Å². The zero-order chi connectivity index (χ0) is 20.4. The molecule has 4 rings (SSSR count). The minimum absolute atomic E-state index is 0.0621. The normalized spacial score (nSPS) is 19.9. The lowest BCUT2D eigenvalue weighted by Crippen LogP contribution is -2.44. The molecule has 1 aliphatic heterocycles. The van der Waals surface area contributed by atoms with E-state index < -0.39 is 0 Å². The van der Waals surface area contributed by atoms with Gasteiger partial charge in [-0.1, -0.05) is 32.3 Å². The lowest BCUT2D eigenvalue weighted by atomic mass is 9.75. The average Bonchev–Trinajstić information content (AvgIpc) is 3.14. The molecule has 6 nitrogen and oxygen atoms in total. The van der Waals surface area contributed by atoms with Gasteiger partial charge >= 0.3 is 0 Å². The van der Waals surface area contributed by atoms with Crippen LogP contribution in [0.1, 0.15) is 50.2 Å². The van der Waals surface area contributed by atoms with E-state index in [1.807, 2.05) is 6.07 Å². The van der Waals surface area contributed by atoms with Gasteiger partial charge in [-0.25, -0.2) is 0 Å². The summed E-state index contributed by atoms with van der Waals surface area (Å²) >= 11 is 0. The van der Waals surface area contributed by atoms with Crippen LogP contribution >= 0.6 is 0 Å². The van der Waals surface area contributed by atoms with Crippen molar-refractivity contribution < 1.29 is 14.3 Å². The van der Waals surface area contributed by atoms with Crippen molar-refractivity contribution in [3.63, 3.8) is 0 Å². The molecular formula is C23H29N3O3. The molecule has 6 heteroatoms. The summed E-state index contributed by atoms with van der Waals surface area (Å²) in [5, 5.41) is 11.5. The van der Waals surface area contributed by atoms with Gasteiger partial charge in [0, 0.05) is 23.5 Å². The van der Waals surface area contributed by atoms with Crippen molar-refractivity contribution >= 4 is 5.91 Å². The molecule has 1 aromatic carbocycles. The Bertz CT molecular complexity index is 889. The van der Waals surface area contributed by atoms with Crippen molar-refractivity contribution in [2.75, 3.05) is 13.7 Å². The Balaban J connectivity index is 1.47. The van der Waals surface area contributed by atoms with Crippen molar-refractivity contribution in [3.05, 3.63) is 35.4 Å². The highest BCUT2D eigenvalue weighted by molar-refractivity contribution is 5.82. The van der Waals surface area contributed by atoms with Gasteiger partial charge in [-0.15, -0.1) is 10.2 Å². The fourth-order valence-electron chi connectivity index (χ4n) is 4.45. The van der Waals surface area contributed by atoms with Crippen molar-refractivity contribution in [2.24, 2.45) is 5.41 Å². The average molecular weight is 396 g/mol. The van der Waals surface area contributed by atoms with E-state index in [1.165, 1.54) is 6.42 Å². The number of fused-ring (bicyclic) bond motifs is 1. The number of carbonyl (C=O) groups is 1. The van der Waals surface area contributed by atoms with E-state index in [4.69, 9.17) is 9.47 Å². The predicted molar refractivity (Wildman–Crippen MR) is 111 cm³/mol. The molecule has 1 amide bonds. The summed E-state index contributed by atoms with van der Waals surface area (Å²) in [7, 11) is 1.57. The van der Waals surface area contributed by atoms with Crippen LogP contribution in [0.3, 0.4) is 0 Å². The minimum Gasteiger partial charge on any atom is -0.487 e. The van der Waals surface area contributed by atoms with Crippen LogP contribution < -0.4 is 14.8 Å². The fourth-order valence-corrected chi connectivity index (χ4v) is 4.45. The largest absolute Gasteiger partial charge is 0.487 e. The first-order chi connectivity index (χ1) is 14.0. The summed E-state index contributed by atoms with van der Waals surface area (Å²) < 4.78 is 11.4. The number of hydrogen-bond donors (Lipinski definition) is 1. The van der Waals surface area contributed by atoms with Gasteiger partial charge in [0.05, 0.1) is 19.3 Å². The van der Waals surface area contributed by atoms with Crippen molar-refractivity contribution in [1.82, 2.24) is 15.5 Å². The van der Waals surface area contributed by atoms with E-state index in [1.54, 1.807) is 13.2 Å². The molecule has 0 radical (unpaired) electrons. The molecule has 29 heavy (non-hydrogen) atoms. The van der Waals surface area contributed by atoms with Gasteiger partial charge in [0.1, 0.15) is 11.9 Å². The molecule has 1 fully saturated rings. The number of amides is 1. The molecule has 2 aliphatic rings. The summed E-state index contributed by atoms with van der Waals surface area (Å²) in [4.78, 5) is 12.8. The second-order valence-corrected chi connectivity index (χ2v) is 8.54. The van der Waals surface area contributed by atoms with Crippen LogP contribution in [0.5, 0.6) is 11.6 Å². The molecule has 0 saturated heterocycles. The van der Waals surface area contributed by atoms with E-state index >= 15 is 0 Å². The standard InChI is InChI=1S/C23H29N3O3/c1-15-11-16-13-17(14-24-22(27)23(2)9-5-4-6-10-23)29-21(16)18(12-15)19-7-8-20(28-3)26-25-19/h7-8,11-12,17H,4-6,9-10,13-14H2,1-3H3,(H,24,27)/t17-/m0/s1. The first-order valence-corrected chi connectivity index (χ1v) is 10.4. The molecule has 0 bridgehead atoms. The predicted octanol–water partition coefficient (Wildman–Crippen LogP) is 3.85. The van der Waals surface area contributed by atoms with Crippen molar-refractivity contribution in [2.45, 2.75) is 58.5 Å². The van der Waals surface area contributed by atoms with Crippen LogP contribution in [0, 0.1) is 12.3 Å². The molecule has 1 N–H and O–H groups in total. The third-order valence-electron chi connectivity index (χ3n) is 6.16. The molecule has 1 atom stereocenters. The Kier molecular flexibility index (Phi) is 5.43. The zero-order valence-corrected chi connectivity index (χ0v) is 17.5. The lowest BCUT2D eigenvalue weighted by molar-refractivity contribution is -0.132. The van der Waals surface area contributed by atoms with Crippen LogP contribution in [0.15, 0.2) is 24.3 Å². The van der Waals surface area contributed by atoms with Crippen LogP contribution in [0.25, 0.3) is 11.3 Å². The van der Waals surface area contributed by atoms with E-state index in [9.17, 15) is 4.79 Å².